The molecule has 2 aromatic heterocycles. The van der Waals surface area contributed by atoms with Gasteiger partial charge in [-0.2, -0.15) is 4.98 Å². The molecular weight excluding hydrogens is 361 g/mol. The zero-order valence-electron chi connectivity index (χ0n) is 16.0. The van der Waals surface area contributed by atoms with E-state index in [1.807, 2.05) is 6.92 Å². The minimum atomic E-state index is -0.401. The quantitative estimate of drug-likeness (QED) is 0.690. The monoisotopic (exact) mass is 385 g/mol. The van der Waals surface area contributed by atoms with Gasteiger partial charge in [0.25, 0.3) is 5.95 Å². The smallest absolute Gasteiger partial charge is 0.336 e. The minimum absolute atomic E-state index is 0.184. The molecule has 2 aliphatic rings. The van der Waals surface area contributed by atoms with Gasteiger partial charge in [-0.1, -0.05) is 6.42 Å². The highest BCUT2D eigenvalue weighted by Crippen LogP contribution is 2.33. The molecule has 5 rings (SSSR count). The van der Waals surface area contributed by atoms with E-state index in [4.69, 9.17) is 4.52 Å². The molecule has 1 saturated heterocycles. The Morgan fingerprint density at radius 2 is 1.96 bits per heavy atom. The number of halogens is 1. The van der Waals surface area contributed by atoms with E-state index in [0.717, 1.165) is 32.0 Å². The Hall–Kier alpha value is -2.48. The molecule has 3 heterocycles. The van der Waals surface area contributed by atoms with E-state index in [1.54, 1.807) is 10.6 Å². The Morgan fingerprint density at radius 3 is 2.64 bits per heavy atom. The Bertz CT molecular complexity index is 1060. The maximum absolute atomic E-state index is 13.8. The number of piperidine rings is 1. The molecule has 1 aliphatic carbocycles. The van der Waals surface area contributed by atoms with Crippen LogP contribution in [0.5, 0.6) is 0 Å². The van der Waals surface area contributed by atoms with Crippen molar-refractivity contribution >= 4 is 11.0 Å². The Kier molecular flexibility index (Phi) is 4.30. The summed E-state index contributed by atoms with van der Waals surface area (Å²) in [5, 5.41) is 4.06. The number of fused-ring (bicyclic) bond motifs is 1. The Morgan fingerprint density at radius 1 is 1.18 bits per heavy atom. The number of likely N-dealkylation sites (tertiary alicyclic amines) is 1. The third kappa shape index (κ3) is 2.78. The first kappa shape index (κ1) is 17.6. The summed E-state index contributed by atoms with van der Waals surface area (Å²) in [5.74, 6) is 0.569. The largest absolute Gasteiger partial charge is 0.337 e. The summed E-state index contributed by atoms with van der Waals surface area (Å²) in [6, 6.07) is 5.07. The lowest BCUT2D eigenvalue weighted by Crippen LogP contribution is -2.44. The number of aromatic nitrogens is 4. The van der Waals surface area contributed by atoms with E-state index in [9.17, 15) is 9.18 Å². The molecule has 0 radical (unpaired) electrons. The highest BCUT2D eigenvalue weighted by molar-refractivity contribution is 5.77. The zero-order chi connectivity index (χ0) is 19.3. The van der Waals surface area contributed by atoms with Crippen molar-refractivity contribution in [3.8, 4) is 5.95 Å². The molecule has 0 bridgehead atoms. The van der Waals surface area contributed by atoms with Crippen molar-refractivity contribution in [2.45, 2.75) is 57.5 Å². The highest BCUT2D eigenvalue weighted by Gasteiger charge is 2.31. The molecule has 148 valence electrons. The zero-order valence-corrected chi connectivity index (χ0v) is 16.0. The van der Waals surface area contributed by atoms with E-state index < -0.39 is 5.82 Å². The van der Waals surface area contributed by atoms with Crippen LogP contribution in [0.4, 0.5) is 4.39 Å². The number of aryl methyl sites for hydroxylation is 1. The molecule has 1 aliphatic heterocycles. The van der Waals surface area contributed by atoms with Gasteiger partial charge in [-0.15, -0.1) is 0 Å². The molecule has 3 aromatic rings. The van der Waals surface area contributed by atoms with E-state index >= 15 is 0 Å². The first-order valence-electron chi connectivity index (χ1n) is 10.1. The number of rotatable bonds is 4. The van der Waals surface area contributed by atoms with Crippen LogP contribution in [-0.4, -0.2) is 43.3 Å². The third-order valence-electron chi connectivity index (χ3n) is 6.31. The molecule has 1 saturated carbocycles. The lowest BCUT2D eigenvalue weighted by molar-refractivity contribution is 0.0923. The van der Waals surface area contributed by atoms with Gasteiger partial charge >= 0.3 is 5.69 Å². The molecule has 2 fully saturated rings. The molecule has 0 amide bonds. The molecule has 28 heavy (non-hydrogen) atoms. The first-order chi connectivity index (χ1) is 13.7. The van der Waals surface area contributed by atoms with Crippen LogP contribution in [0.25, 0.3) is 17.0 Å². The van der Waals surface area contributed by atoms with Gasteiger partial charge in [-0.05, 0) is 63.0 Å². The lowest BCUT2D eigenvalue weighted by Gasteiger charge is -2.41. The fraction of sp³-hybridized carbons (Fsp3) is 0.550. The summed E-state index contributed by atoms with van der Waals surface area (Å²) >= 11 is 0. The number of hydrogen-bond acceptors (Lipinski definition) is 5. The SMILES string of the molecule is CCn1c(=O)n(-c2noc(C3CCN(C4CCC4)CC3)n2)c2cc(F)ccc21. The van der Waals surface area contributed by atoms with E-state index in [-0.39, 0.29) is 17.6 Å². The second kappa shape index (κ2) is 6.84. The lowest BCUT2D eigenvalue weighted by atomic mass is 9.88. The van der Waals surface area contributed by atoms with E-state index in [0.29, 0.717) is 23.5 Å². The molecule has 0 atom stereocenters. The van der Waals surface area contributed by atoms with E-state index in [1.165, 1.54) is 36.0 Å². The fourth-order valence-electron chi connectivity index (χ4n) is 4.48. The number of hydrogen-bond donors (Lipinski definition) is 0. The van der Waals surface area contributed by atoms with Gasteiger partial charge in [-0.25, -0.2) is 13.8 Å². The molecular formula is C20H24FN5O2. The van der Waals surface area contributed by atoms with Crippen molar-refractivity contribution in [2.24, 2.45) is 0 Å². The van der Waals surface area contributed by atoms with Crippen molar-refractivity contribution in [1.29, 1.82) is 0 Å². The standard InChI is InChI=1S/C20H24FN5O2/c1-2-25-16-7-6-14(21)12-17(16)26(20(25)27)19-22-18(28-23-19)13-8-10-24(11-9-13)15-4-3-5-15/h6-7,12-13,15H,2-5,8-11H2,1H3. The van der Waals surface area contributed by atoms with Gasteiger partial charge in [0.05, 0.1) is 11.0 Å². The second-order valence-corrected chi connectivity index (χ2v) is 7.82. The van der Waals surface area contributed by atoms with Gasteiger partial charge in [0.15, 0.2) is 0 Å². The van der Waals surface area contributed by atoms with Crippen LogP contribution in [0.15, 0.2) is 27.5 Å². The average Bonchev–Trinajstić information content (AvgIpc) is 3.22. The Balaban J connectivity index is 1.44. The normalized spacial score (nSPS) is 19.4. The van der Waals surface area contributed by atoms with Crippen molar-refractivity contribution < 1.29 is 8.91 Å². The Labute approximate surface area is 161 Å². The van der Waals surface area contributed by atoms with Crippen LogP contribution in [-0.2, 0) is 6.54 Å². The van der Waals surface area contributed by atoms with Gasteiger partial charge < -0.3 is 9.42 Å². The summed E-state index contributed by atoms with van der Waals surface area (Å²) < 4.78 is 22.3. The van der Waals surface area contributed by atoms with Crippen molar-refractivity contribution in [3.63, 3.8) is 0 Å². The van der Waals surface area contributed by atoms with Crippen LogP contribution < -0.4 is 5.69 Å². The van der Waals surface area contributed by atoms with Gasteiger partial charge in [0.2, 0.25) is 5.89 Å². The van der Waals surface area contributed by atoms with Crippen LogP contribution in [0.1, 0.15) is 50.8 Å². The van der Waals surface area contributed by atoms with Crippen LogP contribution in [0.3, 0.4) is 0 Å². The summed E-state index contributed by atoms with van der Waals surface area (Å²) in [6.07, 6.45) is 5.95. The average molecular weight is 385 g/mol. The van der Waals surface area contributed by atoms with Crippen LogP contribution >= 0.6 is 0 Å². The second-order valence-electron chi connectivity index (χ2n) is 7.82. The molecule has 1 aromatic carbocycles. The van der Waals surface area contributed by atoms with Gasteiger partial charge in [0, 0.05) is 24.6 Å². The summed E-state index contributed by atoms with van der Waals surface area (Å²) in [4.78, 5) is 19.9. The summed E-state index contributed by atoms with van der Waals surface area (Å²) in [5.41, 5.74) is 0.836. The van der Waals surface area contributed by atoms with Gasteiger partial charge in [-0.3, -0.25) is 4.57 Å². The van der Waals surface area contributed by atoms with E-state index in [2.05, 4.69) is 15.0 Å². The maximum Gasteiger partial charge on any atom is 0.336 e. The summed E-state index contributed by atoms with van der Waals surface area (Å²) in [6.45, 7) is 4.46. The predicted molar refractivity (Wildman–Crippen MR) is 102 cm³/mol. The topological polar surface area (TPSA) is 69.1 Å². The molecule has 0 spiro atoms. The maximum atomic E-state index is 13.8. The molecule has 0 unspecified atom stereocenters. The number of imidazole rings is 1. The first-order valence-corrected chi connectivity index (χ1v) is 10.1. The van der Waals surface area contributed by atoms with Crippen molar-refractivity contribution in [3.05, 3.63) is 40.4 Å². The predicted octanol–water partition coefficient (Wildman–Crippen LogP) is 3.07. The van der Waals surface area contributed by atoms with Crippen LogP contribution in [0.2, 0.25) is 0 Å². The van der Waals surface area contributed by atoms with Crippen molar-refractivity contribution in [2.75, 3.05) is 13.1 Å². The number of benzene rings is 1. The van der Waals surface area contributed by atoms with Crippen LogP contribution in [0, 0.1) is 5.82 Å². The number of nitrogens with zero attached hydrogens (tertiary/aromatic N) is 5. The molecule has 0 N–H and O–H groups in total. The minimum Gasteiger partial charge on any atom is -0.337 e. The molecule has 8 heteroatoms. The highest BCUT2D eigenvalue weighted by atomic mass is 19.1. The third-order valence-corrected chi connectivity index (χ3v) is 6.31. The van der Waals surface area contributed by atoms with Crippen molar-refractivity contribution in [1.82, 2.24) is 24.2 Å². The van der Waals surface area contributed by atoms with Gasteiger partial charge in [0.1, 0.15) is 5.82 Å². The molecule has 7 nitrogen and oxygen atoms in total. The summed E-state index contributed by atoms with van der Waals surface area (Å²) in [7, 11) is 0. The fourth-order valence-corrected chi connectivity index (χ4v) is 4.48.